The van der Waals surface area contributed by atoms with Gasteiger partial charge in [-0.3, -0.25) is 4.79 Å². The lowest BCUT2D eigenvalue weighted by Gasteiger charge is -2.41. The van der Waals surface area contributed by atoms with Crippen molar-refractivity contribution in [1.82, 2.24) is 9.62 Å². The smallest absolute Gasteiger partial charge is 0.240 e. The molecule has 0 aromatic heterocycles. The van der Waals surface area contributed by atoms with Crippen LogP contribution in [0.4, 0.5) is 0 Å². The van der Waals surface area contributed by atoms with Crippen molar-refractivity contribution in [3.05, 3.63) is 30.3 Å². The number of nitrogens with zero attached hydrogens (tertiary/aromatic N) is 1. The summed E-state index contributed by atoms with van der Waals surface area (Å²) in [4.78, 5) is 14.2. The second kappa shape index (κ2) is 6.98. The molecular formula is C16H24N2O4S. The minimum Gasteiger partial charge on any atom is -0.369 e. The van der Waals surface area contributed by atoms with Crippen molar-refractivity contribution < 1.29 is 17.9 Å². The highest BCUT2D eigenvalue weighted by Crippen LogP contribution is 2.21. The van der Waals surface area contributed by atoms with E-state index in [4.69, 9.17) is 4.74 Å². The highest BCUT2D eigenvalue weighted by atomic mass is 32.2. The molecule has 1 aliphatic rings. The molecule has 7 heteroatoms. The lowest BCUT2D eigenvalue weighted by atomic mass is 10.1. The molecule has 1 fully saturated rings. The van der Waals surface area contributed by atoms with Gasteiger partial charge in [0.25, 0.3) is 0 Å². The van der Waals surface area contributed by atoms with E-state index in [1.54, 1.807) is 23.1 Å². The van der Waals surface area contributed by atoms with Gasteiger partial charge in [0, 0.05) is 26.1 Å². The summed E-state index contributed by atoms with van der Waals surface area (Å²) in [6.07, 6.45) is 0.109. The van der Waals surface area contributed by atoms with E-state index in [0.29, 0.717) is 13.1 Å². The van der Waals surface area contributed by atoms with Crippen molar-refractivity contribution in [1.29, 1.82) is 0 Å². The van der Waals surface area contributed by atoms with Gasteiger partial charge in [0.2, 0.25) is 15.9 Å². The van der Waals surface area contributed by atoms with Crippen LogP contribution in [0.3, 0.4) is 0 Å². The number of benzene rings is 1. The summed E-state index contributed by atoms with van der Waals surface area (Å²) in [6.45, 7) is 6.96. The van der Waals surface area contributed by atoms with Gasteiger partial charge in [0.1, 0.15) is 0 Å². The molecular weight excluding hydrogens is 316 g/mol. The number of sulfonamides is 1. The molecule has 1 saturated heterocycles. The molecule has 23 heavy (non-hydrogen) atoms. The van der Waals surface area contributed by atoms with Gasteiger partial charge in [-0.05, 0) is 32.9 Å². The zero-order chi connectivity index (χ0) is 17.1. The largest absolute Gasteiger partial charge is 0.369 e. The first kappa shape index (κ1) is 17.9. The summed E-state index contributed by atoms with van der Waals surface area (Å²) in [5.74, 6) is -0.0658. The van der Waals surface area contributed by atoms with Gasteiger partial charge in [-0.15, -0.1) is 0 Å². The third-order valence-electron chi connectivity index (χ3n) is 3.61. The molecule has 1 aromatic carbocycles. The van der Waals surface area contributed by atoms with Crippen LogP contribution < -0.4 is 4.72 Å². The van der Waals surface area contributed by atoms with E-state index in [2.05, 4.69) is 4.72 Å². The molecule has 1 amide bonds. The molecule has 0 unspecified atom stereocenters. The quantitative estimate of drug-likeness (QED) is 0.879. The Bertz CT molecular complexity index is 643. The number of hydrogen-bond donors (Lipinski definition) is 1. The summed E-state index contributed by atoms with van der Waals surface area (Å²) in [5, 5.41) is 0. The lowest BCUT2D eigenvalue weighted by Crippen LogP contribution is -2.54. The molecule has 0 radical (unpaired) electrons. The van der Waals surface area contributed by atoms with Crippen molar-refractivity contribution in [3.63, 3.8) is 0 Å². The molecule has 0 spiro atoms. The first-order valence-corrected chi connectivity index (χ1v) is 9.18. The van der Waals surface area contributed by atoms with Crippen molar-refractivity contribution >= 4 is 15.9 Å². The van der Waals surface area contributed by atoms with Crippen molar-refractivity contribution in [2.75, 3.05) is 19.6 Å². The van der Waals surface area contributed by atoms with Crippen LogP contribution in [-0.4, -0.2) is 50.6 Å². The lowest BCUT2D eigenvalue weighted by molar-refractivity contribution is -0.157. The number of hydrogen-bond acceptors (Lipinski definition) is 4. The molecule has 128 valence electrons. The maximum absolute atomic E-state index is 12.3. The summed E-state index contributed by atoms with van der Waals surface area (Å²) in [6, 6.07) is 8.13. The molecule has 1 N–H and O–H groups in total. The molecule has 0 bridgehead atoms. The highest BCUT2D eigenvalue weighted by Gasteiger charge is 2.33. The number of carbonyl (C=O) groups is 1. The Labute approximate surface area is 137 Å². The normalized spacial score (nSPS) is 21.2. The highest BCUT2D eigenvalue weighted by molar-refractivity contribution is 7.89. The average molecular weight is 340 g/mol. The van der Waals surface area contributed by atoms with E-state index in [0.717, 1.165) is 0 Å². The zero-order valence-corrected chi connectivity index (χ0v) is 14.6. The minimum absolute atomic E-state index is 0.0243. The second-order valence-electron chi connectivity index (χ2n) is 6.42. The van der Waals surface area contributed by atoms with E-state index < -0.39 is 10.0 Å². The van der Waals surface area contributed by atoms with Crippen LogP contribution in [0.15, 0.2) is 35.2 Å². The number of morpholine rings is 1. The van der Waals surface area contributed by atoms with Crippen LogP contribution in [0, 0.1) is 0 Å². The topological polar surface area (TPSA) is 75.7 Å². The average Bonchev–Trinajstić information content (AvgIpc) is 2.45. The zero-order valence-electron chi connectivity index (χ0n) is 13.8. The SMILES string of the molecule is C[C@H]1CN(C(=O)CCNS(=O)(=O)c2ccccc2)CC(C)(C)O1. The van der Waals surface area contributed by atoms with Gasteiger partial charge in [0.05, 0.1) is 16.6 Å². The number of rotatable bonds is 5. The molecule has 0 saturated carbocycles. The number of carbonyl (C=O) groups excluding carboxylic acids is 1. The van der Waals surface area contributed by atoms with Crippen molar-refractivity contribution in [2.45, 2.75) is 43.8 Å². The van der Waals surface area contributed by atoms with Gasteiger partial charge >= 0.3 is 0 Å². The monoisotopic (exact) mass is 340 g/mol. The first-order chi connectivity index (χ1) is 10.7. The van der Waals surface area contributed by atoms with Crippen LogP contribution in [0.2, 0.25) is 0 Å². The van der Waals surface area contributed by atoms with Gasteiger partial charge in [-0.2, -0.15) is 0 Å². The molecule has 6 nitrogen and oxygen atoms in total. The van der Waals surface area contributed by atoms with Crippen LogP contribution in [0.5, 0.6) is 0 Å². The molecule has 1 atom stereocenters. The van der Waals surface area contributed by atoms with E-state index in [1.807, 2.05) is 20.8 Å². The van der Waals surface area contributed by atoms with Crippen LogP contribution in [0.25, 0.3) is 0 Å². The molecule has 2 rings (SSSR count). The van der Waals surface area contributed by atoms with Gasteiger partial charge in [0.15, 0.2) is 0 Å². The molecule has 1 aliphatic heterocycles. The Morgan fingerprint density at radius 3 is 2.61 bits per heavy atom. The fourth-order valence-electron chi connectivity index (χ4n) is 2.78. The predicted octanol–water partition coefficient (Wildman–Crippen LogP) is 1.38. The second-order valence-corrected chi connectivity index (χ2v) is 8.19. The van der Waals surface area contributed by atoms with Crippen LogP contribution in [0.1, 0.15) is 27.2 Å². The summed E-state index contributed by atoms with van der Waals surface area (Å²) >= 11 is 0. The third kappa shape index (κ3) is 5.02. The van der Waals surface area contributed by atoms with Crippen LogP contribution in [-0.2, 0) is 19.6 Å². The Morgan fingerprint density at radius 2 is 2.00 bits per heavy atom. The standard InChI is InChI=1S/C16H24N2O4S/c1-13-11-18(12-16(2,3)22-13)15(19)9-10-17-23(20,21)14-7-5-4-6-8-14/h4-8,13,17H,9-12H2,1-3H3/t13-/m0/s1. The number of amides is 1. The van der Waals surface area contributed by atoms with Gasteiger partial charge < -0.3 is 9.64 Å². The van der Waals surface area contributed by atoms with Gasteiger partial charge in [-0.25, -0.2) is 13.1 Å². The maximum Gasteiger partial charge on any atom is 0.240 e. The van der Waals surface area contributed by atoms with E-state index in [-0.39, 0.29) is 35.5 Å². The number of nitrogens with one attached hydrogen (secondary N) is 1. The summed E-state index contributed by atoms with van der Waals surface area (Å²) in [5.41, 5.74) is -0.378. The van der Waals surface area contributed by atoms with E-state index >= 15 is 0 Å². The molecule has 0 aliphatic carbocycles. The predicted molar refractivity (Wildman–Crippen MR) is 87.5 cm³/mol. The fourth-order valence-corrected chi connectivity index (χ4v) is 3.83. The fraction of sp³-hybridized carbons (Fsp3) is 0.562. The van der Waals surface area contributed by atoms with E-state index in [1.165, 1.54) is 12.1 Å². The Morgan fingerprint density at radius 1 is 1.35 bits per heavy atom. The van der Waals surface area contributed by atoms with Crippen molar-refractivity contribution in [2.24, 2.45) is 0 Å². The maximum atomic E-state index is 12.3. The van der Waals surface area contributed by atoms with Crippen molar-refractivity contribution in [3.8, 4) is 0 Å². The Kier molecular flexibility index (Phi) is 5.44. The third-order valence-corrected chi connectivity index (χ3v) is 5.08. The minimum atomic E-state index is -3.57. The summed E-state index contributed by atoms with van der Waals surface area (Å²) < 4.78 is 32.4. The van der Waals surface area contributed by atoms with Crippen LogP contribution >= 0.6 is 0 Å². The first-order valence-electron chi connectivity index (χ1n) is 7.70. The summed E-state index contributed by atoms with van der Waals surface area (Å²) in [7, 11) is -3.57. The van der Waals surface area contributed by atoms with Gasteiger partial charge in [-0.1, -0.05) is 18.2 Å². The Hall–Kier alpha value is -1.44. The molecule has 1 heterocycles. The molecule has 1 aromatic rings. The van der Waals surface area contributed by atoms with E-state index in [9.17, 15) is 13.2 Å². The number of ether oxygens (including phenoxy) is 1. The Balaban J connectivity index is 1.88.